The third kappa shape index (κ3) is 5.30. The normalized spacial score (nSPS) is 10.3. The molecule has 3 aromatic carbocycles. The standard InChI is InChI=1S/C24H23NO3/c1-28-22-9-5-6-18(16-22)17-25-24(27)15-14-23(26)21-12-10-20(11-13-21)19-7-3-2-4-8-19/h2-13,16H,14-15,17H2,1H3,(H,25,27). The second-order valence-electron chi connectivity index (χ2n) is 6.49. The number of rotatable bonds is 8. The first kappa shape index (κ1) is 19.4. The number of ketones is 1. The van der Waals surface area contributed by atoms with Gasteiger partial charge in [0.25, 0.3) is 0 Å². The van der Waals surface area contributed by atoms with E-state index < -0.39 is 0 Å². The molecule has 0 saturated heterocycles. The maximum Gasteiger partial charge on any atom is 0.220 e. The van der Waals surface area contributed by atoms with Gasteiger partial charge in [-0.05, 0) is 28.8 Å². The third-order valence-electron chi connectivity index (χ3n) is 4.52. The molecule has 0 radical (unpaired) electrons. The van der Waals surface area contributed by atoms with Gasteiger partial charge in [-0.1, -0.05) is 66.7 Å². The second-order valence-corrected chi connectivity index (χ2v) is 6.49. The Morgan fingerprint density at radius 2 is 1.54 bits per heavy atom. The van der Waals surface area contributed by atoms with Gasteiger partial charge < -0.3 is 10.1 Å². The summed E-state index contributed by atoms with van der Waals surface area (Å²) in [6.07, 6.45) is 0.359. The van der Waals surface area contributed by atoms with Crippen molar-refractivity contribution < 1.29 is 14.3 Å². The van der Waals surface area contributed by atoms with Crippen LogP contribution >= 0.6 is 0 Å². The van der Waals surface area contributed by atoms with Crippen molar-refractivity contribution >= 4 is 11.7 Å². The van der Waals surface area contributed by atoms with E-state index in [9.17, 15) is 9.59 Å². The monoisotopic (exact) mass is 373 g/mol. The van der Waals surface area contributed by atoms with Gasteiger partial charge in [0.2, 0.25) is 5.91 Å². The number of amides is 1. The summed E-state index contributed by atoms with van der Waals surface area (Å²) in [5.41, 5.74) is 3.75. The van der Waals surface area contributed by atoms with Gasteiger partial charge >= 0.3 is 0 Å². The lowest BCUT2D eigenvalue weighted by Crippen LogP contribution is -2.23. The summed E-state index contributed by atoms with van der Waals surface area (Å²) in [5.74, 6) is 0.578. The molecule has 4 heteroatoms. The molecule has 28 heavy (non-hydrogen) atoms. The molecular formula is C24H23NO3. The first-order valence-corrected chi connectivity index (χ1v) is 9.24. The van der Waals surface area contributed by atoms with Crippen molar-refractivity contribution in [2.75, 3.05) is 7.11 Å². The number of hydrogen-bond acceptors (Lipinski definition) is 3. The summed E-state index contributed by atoms with van der Waals surface area (Å²) >= 11 is 0. The van der Waals surface area contributed by atoms with Crippen LogP contribution in [0.5, 0.6) is 5.75 Å². The Bertz CT molecular complexity index is 934. The summed E-state index contributed by atoms with van der Waals surface area (Å²) in [6, 6.07) is 25.0. The maximum atomic E-state index is 12.4. The molecule has 3 aromatic rings. The number of carbonyl (C=O) groups is 2. The Balaban J connectivity index is 1.48. The zero-order valence-electron chi connectivity index (χ0n) is 15.9. The van der Waals surface area contributed by atoms with Crippen LogP contribution in [-0.2, 0) is 11.3 Å². The highest BCUT2D eigenvalue weighted by Gasteiger charge is 2.10. The fourth-order valence-corrected chi connectivity index (χ4v) is 2.92. The number of ether oxygens (including phenoxy) is 1. The average molecular weight is 373 g/mol. The van der Waals surface area contributed by atoms with E-state index >= 15 is 0 Å². The molecule has 0 atom stereocenters. The van der Waals surface area contributed by atoms with E-state index in [-0.39, 0.29) is 24.5 Å². The summed E-state index contributed by atoms with van der Waals surface area (Å²) < 4.78 is 5.17. The van der Waals surface area contributed by atoms with Crippen LogP contribution in [0.1, 0.15) is 28.8 Å². The fourth-order valence-electron chi connectivity index (χ4n) is 2.92. The minimum absolute atomic E-state index is 0.0313. The quantitative estimate of drug-likeness (QED) is 0.585. The van der Waals surface area contributed by atoms with Gasteiger partial charge in [0.15, 0.2) is 5.78 Å². The number of methoxy groups -OCH3 is 1. The summed E-state index contributed by atoms with van der Waals surface area (Å²) in [4.78, 5) is 24.4. The van der Waals surface area contributed by atoms with Gasteiger partial charge in [0, 0.05) is 24.9 Å². The van der Waals surface area contributed by atoms with Crippen molar-refractivity contribution in [3.8, 4) is 16.9 Å². The van der Waals surface area contributed by atoms with E-state index in [0.717, 1.165) is 22.4 Å². The molecule has 0 unspecified atom stereocenters. The van der Waals surface area contributed by atoms with E-state index in [2.05, 4.69) is 5.32 Å². The molecule has 0 bridgehead atoms. The number of benzene rings is 3. The topological polar surface area (TPSA) is 55.4 Å². The Kier molecular flexibility index (Phi) is 6.58. The Morgan fingerprint density at radius 1 is 0.821 bits per heavy atom. The van der Waals surface area contributed by atoms with Crippen LogP contribution in [0.15, 0.2) is 78.9 Å². The van der Waals surface area contributed by atoms with Crippen LogP contribution in [-0.4, -0.2) is 18.8 Å². The van der Waals surface area contributed by atoms with Crippen LogP contribution in [0.3, 0.4) is 0 Å². The van der Waals surface area contributed by atoms with Crippen molar-refractivity contribution in [1.29, 1.82) is 0 Å². The first-order chi connectivity index (χ1) is 13.7. The van der Waals surface area contributed by atoms with Crippen LogP contribution in [0.4, 0.5) is 0 Å². The van der Waals surface area contributed by atoms with Gasteiger partial charge in [-0.15, -0.1) is 0 Å². The highest BCUT2D eigenvalue weighted by atomic mass is 16.5. The summed E-state index contributed by atoms with van der Waals surface area (Å²) in [5, 5.41) is 2.84. The number of Topliss-reactive ketones (excluding diaryl/α,β-unsaturated/α-hetero) is 1. The molecule has 0 aromatic heterocycles. The third-order valence-corrected chi connectivity index (χ3v) is 4.52. The zero-order valence-corrected chi connectivity index (χ0v) is 15.9. The molecule has 4 nitrogen and oxygen atoms in total. The number of hydrogen-bond donors (Lipinski definition) is 1. The van der Waals surface area contributed by atoms with Gasteiger partial charge in [0.05, 0.1) is 7.11 Å². The lowest BCUT2D eigenvalue weighted by Gasteiger charge is -2.07. The number of nitrogens with one attached hydrogen (secondary N) is 1. The highest BCUT2D eigenvalue weighted by Crippen LogP contribution is 2.20. The van der Waals surface area contributed by atoms with Gasteiger partial charge in [-0.2, -0.15) is 0 Å². The fraction of sp³-hybridized carbons (Fsp3) is 0.167. The van der Waals surface area contributed by atoms with E-state index in [1.165, 1.54) is 0 Å². The van der Waals surface area contributed by atoms with E-state index in [1.54, 1.807) is 7.11 Å². The van der Waals surface area contributed by atoms with E-state index in [4.69, 9.17) is 4.74 Å². The molecule has 1 N–H and O–H groups in total. The molecule has 0 aliphatic rings. The SMILES string of the molecule is COc1cccc(CNC(=O)CCC(=O)c2ccc(-c3ccccc3)cc2)c1. The maximum absolute atomic E-state index is 12.4. The predicted molar refractivity (Wildman–Crippen MR) is 110 cm³/mol. The summed E-state index contributed by atoms with van der Waals surface area (Å²) in [6.45, 7) is 0.413. The second kappa shape index (κ2) is 9.51. The van der Waals surface area contributed by atoms with E-state index in [1.807, 2.05) is 78.9 Å². The molecule has 3 rings (SSSR count). The Morgan fingerprint density at radius 3 is 2.25 bits per heavy atom. The van der Waals surface area contributed by atoms with Crippen LogP contribution in [0.25, 0.3) is 11.1 Å². The van der Waals surface area contributed by atoms with Crippen LogP contribution in [0, 0.1) is 0 Å². The smallest absolute Gasteiger partial charge is 0.220 e. The van der Waals surface area contributed by atoms with Gasteiger partial charge in [-0.3, -0.25) is 9.59 Å². The van der Waals surface area contributed by atoms with Gasteiger partial charge in [0.1, 0.15) is 5.75 Å². The first-order valence-electron chi connectivity index (χ1n) is 9.24. The van der Waals surface area contributed by atoms with Gasteiger partial charge in [-0.25, -0.2) is 0 Å². The molecule has 1 amide bonds. The molecule has 0 aliphatic heterocycles. The van der Waals surface area contributed by atoms with Crippen molar-refractivity contribution in [2.45, 2.75) is 19.4 Å². The Labute approximate surface area is 165 Å². The molecule has 0 heterocycles. The van der Waals surface area contributed by atoms with Crippen LogP contribution in [0.2, 0.25) is 0 Å². The predicted octanol–water partition coefficient (Wildman–Crippen LogP) is 4.64. The zero-order chi connectivity index (χ0) is 19.8. The lowest BCUT2D eigenvalue weighted by molar-refractivity contribution is -0.121. The average Bonchev–Trinajstić information content (AvgIpc) is 2.77. The minimum atomic E-state index is -0.142. The molecule has 0 saturated carbocycles. The molecule has 0 aliphatic carbocycles. The largest absolute Gasteiger partial charge is 0.497 e. The summed E-state index contributed by atoms with van der Waals surface area (Å²) in [7, 11) is 1.61. The molecule has 142 valence electrons. The van der Waals surface area contributed by atoms with Crippen molar-refractivity contribution in [3.05, 3.63) is 90.0 Å². The minimum Gasteiger partial charge on any atom is -0.497 e. The molecular weight excluding hydrogens is 350 g/mol. The van der Waals surface area contributed by atoms with E-state index in [0.29, 0.717) is 12.1 Å². The highest BCUT2D eigenvalue weighted by molar-refractivity contribution is 5.98. The molecule has 0 fully saturated rings. The molecule has 0 spiro atoms. The van der Waals surface area contributed by atoms with Crippen molar-refractivity contribution in [1.82, 2.24) is 5.32 Å². The van der Waals surface area contributed by atoms with Crippen molar-refractivity contribution in [2.24, 2.45) is 0 Å². The lowest BCUT2D eigenvalue weighted by atomic mass is 10.0. The van der Waals surface area contributed by atoms with Crippen LogP contribution < -0.4 is 10.1 Å². The van der Waals surface area contributed by atoms with Crippen molar-refractivity contribution in [3.63, 3.8) is 0 Å². The number of carbonyl (C=O) groups excluding carboxylic acids is 2. The Hall–Kier alpha value is -3.40.